The van der Waals surface area contributed by atoms with Crippen LogP contribution in [-0.4, -0.2) is 39.7 Å². The van der Waals surface area contributed by atoms with Crippen molar-refractivity contribution >= 4 is 17.6 Å². The van der Waals surface area contributed by atoms with Crippen LogP contribution in [0.15, 0.2) is 60.7 Å². The highest BCUT2D eigenvalue weighted by molar-refractivity contribution is 5.89. The van der Waals surface area contributed by atoms with E-state index < -0.39 is 0 Å². The molecule has 2 aromatic carbocycles. The second-order valence-corrected chi connectivity index (χ2v) is 8.17. The molecule has 1 saturated heterocycles. The third-order valence-electron chi connectivity index (χ3n) is 6.06. The van der Waals surface area contributed by atoms with Gasteiger partial charge in [0, 0.05) is 42.5 Å². The van der Waals surface area contributed by atoms with Crippen molar-refractivity contribution in [3.63, 3.8) is 0 Å². The Labute approximate surface area is 188 Å². The van der Waals surface area contributed by atoms with Gasteiger partial charge in [0.2, 0.25) is 5.91 Å². The van der Waals surface area contributed by atoms with Crippen LogP contribution in [0.2, 0.25) is 0 Å². The zero-order valence-corrected chi connectivity index (χ0v) is 18.5. The Kier molecular flexibility index (Phi) is 6.54. The van der Waals surface area contributed by atoms with Crippen LogP contribution >= 0.6 is 0 Å². The van der Waals surface area contributed by atoms with Gasteiger partial charge in [-0.3, -0.25) is 4.79 Å². The number of piperidine rings is 1. The maximum absolute atomic E-state index is 12.8. The van der Waals surface area contributed by atoms with Crippen LogP contribution in [-0.2, 0) is 11.3 Å². The van der Waals surface area contributed by atoms with Crippen molar-refractivity contribution in [1.29, 1.82) is 0 Å². The van der Waals surface area contributed by atoms with E-state index in [1.54, 1.807) is 4.90 Å². The maximum atomic E-state index is 12.8. The minimum absolute atomic E-state index is 0.0411. The molecule has 0 saturated carbocycles. The SMILES string of the molecule is Cc1nn(-c2ccccc2)c(C)c1CNC(=O)C1CCN(C(=O)Nc2ccccc2)CC1. The number of anilines is 1. The van der Waals surface area contributed by atoms with E-state index in [1.807, 2.05) is 79.2 Å². The number of likely N-dealkylation sites (tertiary alicyclic amines) is 1. The smallest absolute Gasteiger partial charge is 0.321 e. The third kappa shape index (κ3) is 4.82. The highest BCUT2D eigenvalue weighted by Crippen LogP contribution is 2.21. The van der Waals surface area contributed by atoms with Crippen LogP contribution in [0.25, 0.3) is 5.69 Å². The number of rotatable bonds is 5. The number of nitrogens with zero attached hydrogens (tertiary/aromatic N) is 3. The van der Waals surface area contributed by atoms with E-state index in [1.165, 1.54) is 0 Å². The van der Waals surface area contributed by atoms with Crippen LogP contribution in [0.3, 0.4) is 0 Å². The number of urea groups is 1. The van der Waals surface area contributed by atoms with Gasteiger partial charge in [-0.2, -0.15) is 5.10 Å². The lowest BCUT2D eigenvalue weighted by atomic mass is 9.96. The van der Waals surface area contributed by atoms with E-state index in [-0.39, 0.29) is 17.9 Å². The van der Waals surface area contributed by atoms with Gasteiger partial charge < -0.3 is 15.5 Å². The molecule has 0 spiro atoms. The first-order valence-corrected chi connectivity index (χ1v) is 11.0. The van der Waals surface area contributed by atoms with Gasteiger partial charge in [0.25, 0.3) is 0 Å². The molecule has 1 aliphatic heterocycles. The number of hydrogen-bond donors (Lipinski definition) is 2. The fraction of sp³-hybridized carbons (Fsp3) is 0.320. The molecule has 0 bridgehead atoms. The summed E-state index contributed by atoms with van der Waals surface area (Å²) in [5, 5.41) is 10.6. The predicted octanol–water partition coefficient (Wildman–Crippen LogP) is 4.05. The zero-order valence-electron chi connectivity index (χ0n) is 18.5. The Morgan fingerprint density at radius 3 is 2.25 bits per heavy atom. The number of benzene rings is 2. The van der Waals surface area contributed by atoms with Gasteiger partial charge >= 0.3 is 6.03 Å². The van der Waals surface area contributed by atoms with Crippen molar-refractivity contribution in [3.8, 4) is 5.69 Å². The first-order valence-electron chi connectivity index (χ1n) is 11.0. The molecule has 32 heavy (non-hydrogen) atoms. The molecule has 1 aromatic heterocycles. The van der Waals surface area contributed by atoms with E-state index in [9.17, 15) is 9.59 Å². The van der Waals surface area contributed by atoms with Crippen LogP contribution in [0.1, 0.15) is 29.8 Å². The van der Waals surface area contributed by atoms with E-state index in [0.29, 0.717) is 32.5 Å². The average Bonchev–Trinajstić information content (AvgIpc) is 3.12. The fourth-order valence-electron chi connectivity index (χ4n) is 4.14. The highest BCUT2D eigenvalue weighted by Gasteiger charge is 2.27. The molecule has 1 fully saturated rings. The van der Waals surface area contributed by atoms with E-state index in [2.05, 4.69) is 15.7 Å². The van der Waals surface area contributed by atoms with Crippen LogP contribution < -0.4 is 10.6 Å². The summed E-state index contributed by atoms with van der Waals surface area (Å²) in [5.41, 5.74) is 4.77. The second kappa shape index (κ2) is 9.68. The van der Waals surface area contributed by atoms with Crippen molar-refractivity contribution < 1.29 is 9.59 Å². The number of carbonyl (C=O) groups excluding carboxylic acids is 2. The van der Waals surface area contributed by atoms with E-state index in [4.69, 9.17) is 0 Å². The Balaban J connectivity index is 1.29. The second-order valence-electron chi connectivity index (χ2n) is 8.17. The summed E-state index contributed by atoms with van der Waals surface area (Å²) in [4.78, 5) is 27.0. The first kappa shape index (κ1) is 21.6. The quantitative estimate of drug-likeness (QED) is 0.640. The first-order chi connectivity index (χ1) is 15.5. The lowest BCUT2D eigenvalue weighted by molar-refractivity contribution is -0.126. The molecule has 1 aliphatic rings. The summed E-state index contributed by atoms with van der Waals surface area (Å²) >= 11 is 0. The number of hydrogen-bond acceptors (Lipinski definition) is 3. The maximum Gasteiger partial charge on any atom is 0.321 e. The molecule has 3 aromatic rings. The van der Waals surface area contributed by atoms with Gasteiger partial charge in [0.15, 0.2) is 0 Å². The summed E-state index contributed by atoms with van der Waals surface area (Å²) < 4.78 is 1.92. The molecule has 3 amide bonds. The van der Waals surface area contributed by atoms with Crippen LogP contribution in [0.4, 0.5) is 10.5 Å². The van der Waals surface area contributed by atoms with Gasteiger partial charge in [0.05, 0.1) is 11.4 Å². The monoisotopic (exact) mass is 431 g/mol. The molecular weight excluding hydrogens is 402 g/mol. The number of para-hydroxylation sites is 2. The summed E-state index contributed by atoms with van der Waals surface area (Å²) in [7, 11) is 0. The lowest BCUT2D eigenvalue weighted by Gasteiger charge is -2.31. The predicted molar refractivity (Wildman–Crippen MR) is 125 cm³/mol. The summed E-state index contributed by atoms with van der Waals surface area (Å²) in [6, 6.07) is 19.3. The number of aryl methyl sites for hydroxylation is 1. The molecule has 0 atom stereocenters. The molecule has 7 nitrogen and oxygen atoms in total. The summed E-state index contributed by atoms with van der Waals surface area (Å²) in [6.45, 7) is 5.59. The largest absolute Gasteiger partial charge is 0.352 e. The number of nitrogens with one attached hydrogen (secondary N) is 2. The fourth-order valence-corrected chi connectivity index (χ4v) is 4.14. The Morgan fingerprint density at radius 2 is 1.59 bits per heavy atom. The summed E-state index contributed by atoms with van der Waals surface area (Å²) in [5.74, 6) is -0.0417. The molecule has 4 rings (SSSR count). The number of carbonyl (C=O) groups is 2. The number of amides is 3. The van der Waals surface area contributed by atoms with Gasteiger partial charge in [0.1, 0.15) is 0 Å². The van der Waals surface area contributed by atoms with Gasteiger partial charge in [-0.1, -0.05) is 36.4 Å². The highest BCUT2D eigenvalue weighted by atomic mass is 16.2. The minimum atomic E-state index is -0.116. The van der Waals surface area contributed by atoms with Crippen molar-refractivity contribution in [2.75, 3.05) is 18.4 Å². The van der Waals surface area contributed by atoms with E-state index in [0.717, 1.165) is 28.3 Å². The lowest BCUT2D eigenvalue weighted by Crippen LogP contribution is -2.44. The minimum Gasteiger partial charge on any atom is -0.352 e. The van der Waals surface area contributed by atoms with Crippen LogP contribution in [0, 0.1) is 19.8 Å². The Bertz CT molecular complexity index is 1070. The normalized spacial score (nSPS) is 14.2. The van der Waals surface area contributed by atoms with Crippen molar-refractivity contribution in [1.82, 2.24) is 20.0 Å². The van der Waals surface area contributed by atoms with Crippen molar-refractivity contribution in [3.05, 3.63) is 77.6 Å². The molecular formula is C25H29N5O2. The van der Waals surface area contributed by atoms with Gasteiger partial charge in [-0.15, -0.1) is 0 Å². The molecule has 0 unspecified atom stereocenters. The zero-order chi connectivity index (χ0) is 22.5. The molecule has 2 N–H and O–H groups in total. The molecule has 0 aliphatic carbocycles. The Hall–Kier alpha value is -3.61. The van der Waals surface area contributed by atoms with Crippen LogP contribution in [0.5, 0.6) is 0 Å². The molecule has 2 heterocycles. The van der Waals surface area contributed by atoms with E-state index >= 15 is 0 Å². The molecule has 166 valence electrons. The van der Waals surface area contributed by atoms with Gasteiger partial charge in [-0.25, -0.2) is 9.48 Å². The third-order valence-corrected chi connectivity index (χ3v) is 6.06. The standard InChI is InChI=1S/C25H29N5O2/c1-18-23(19(2)30(28-18)22-11-7-4-8-12-22)17-26-24(31)20-13-15-29(16-14-20)25(32)27-21-9-5-3-6-10-21/h3-12,20H,13-17H2,1-2H3,(H,26,31)(H,27,32). The topological polar surface area (TPSA) is 79.3 Å². The number of aromatic nitrogens is 2. The average molecular weight is 432 g/mol. The summed E-state index contributed by atoms with van der Waals surface area (Å²) in [6.07, 6.45) is 1.32. The Morgan fingerprint density at radius 1 is 0.969 bits per heavy atom. The molecule has 0 radical (unpaired) electrons. The van der Waals surface area contributed by atoms with Crippen molar-refractivity contribution in [2.24, 2.45) is 5.92 Å². The van der Waals surface area contributed by atoms with Crippen molar-refractivity contribution in [2.45, 2.75) is 33.2 Å². The molecule has 7 heteroatoms. The van der Waals surface area contributed by atoms with Gasteiger partial charge in [-0.05, 0) is 51.0 Å².